The van der Waals surface area contributed by atoms with E-state index in [1.165, 1.54) is 0 Å². The van der Waals surface area contributed by atoms with Gasteiger partial charge in [0.05, 0.1) is 0 Å². The number of quaternary nitrogens is 1. The van der Waals surface area contributed by atoms with E-state index in [1.807, 2.05) is 77.9 Å². The van der Waals surface area contributed by atoms with Gasteiger partial charge in [0, 0.05) is 16.7 Å². The number of phenols is 3. The predicted octanol–water partition coefficient (Wildman–Crippen LogP) is 4.85. The van der Waals surface area contributed by atoms with E-state index in [2.05, 4.69) is 0 Å². The molecule has 0 aliphatic carbocycles. The molecule has 4 aromatic carbocycles. The lowest BCUT2D eigenvalue weighted by atomic mass is 10.0. The number of aryl methyl sites for hydroxylation is 6. The van der Waals surface area contributed by atoms with E-state index >= 15 is 0 Å². The molecule has 0 aromatic heterocycles. The van der Waals surface area contributed by atoms with Gasteiger partial charge in [-0.1, -0.05) is 57.7 Å². The highest BCUT2D eigenvalue weighted by Crippen LogP contribution is 2.26. The van der Waals surface area contributed by atoms with Crippen LogP contribution in [0.25, 0.3) is 0 Å². The van der Waals surface area contributed by atoms with E-state index < -0.39 is 8.03 Å². The average molecular weight is 561 g/mol. The minimum Gasteiger partial charge on any atom is -0.591 e. The fourth-order valence-electron chi connectivity index (χ4n) is 5.09. The fraction of sp³-hybridized carbons (Fsp3) is 0.273. The van der Waals surface area contributed by atoms with Gasteiger partial charge in [0.25, 0.3) is 0 Å². The first-order valence-electron chi connectivity index (χ1n) is 13.3. The summed E-state index contributed by atoms with van der Waals surface area (Å²) < 4.78 is 10.2. The maximum absolute atomic E-state index is 10.7. The van der Waals surface area contributed by atoms with Crippen molar-refractivity contribution in [3.05, 3.63) is 117 Å². The lowest BCUT2D eigenvalue weighted by Gasteiger charge is -2.23. The third kappa shape index (κ3) is 8.15. The van der Waals surface area contributed by atoms with E-state index in [0.717, 1.165) is 55.0 Å². The highest BCUT2D eigenvalue weighted by atomic mass is 31.1. The van der Waals surface area contributed by atoms with Gasteiger partial charge < -0.3 is 25.1 Å². The van der Waals surface area contributed by atoms with Crippen molar-refractivity contribution in [1.82, 2.24) is 0 Å². The molecular formula is C33H39NO5P+. The first-order chi connectivity index (χ1) is 18.8. The SMILES string of the molecule is Cc1cc(C)c(O)c(C[NH+](Cc2cc(C)cc(C)c2O)Cc2cc(C)cc(C)c2O)c1.O=[P+]([O-])c1ccccc1. The Balaban J connectivity index is 0.000000415. The van der Waals surface area contributed by atoms with Crippen molar-refractivity contribution in [1.29, 1.82) is 0 Å². The molecule has 4 rings (SSSR count). The van der Waals surface area contributed by atoms with Gasteiger partial charge in [-0.15, -0.1) is 0 Å². The van der Waals surface area contributed by atoms with E-state index in [9.17, 15) is 24.8 Å². The Morgan fingerprint density at radius 2 is 0.925 bits per heavy atom. The molecule has 210 valence electrons. The summed E-state index contributed by atoms with van der Waals surface area (Å²) in [6.45, 7) is 13.6. The van der Waals surface area contributed by atoms with Crippen LogP contribution in [0.3, 0.4) is 0 Å². The summed E-state index contributed by atoms with van der Waals surface area (Å²) in [5, 5.41) is 32.4. The Morgan fingerprint density at radius 3 is 1.20 bits per heavy atom. The lowest BCUT2D eigenvalue weighted by molar-refractivity contribution is -0.941. The van der Waals surface area contributed by atoms with Crippen molar-refractivity contribution < 1.29 is 29.7 Å². The van der Waals surface area contributed by atoms with Crippen molar-refractivity contribution in [2.45, 2.75) is 61.2 Å². The summed E-state index contributed by atoms with van der Waals surface area (Å²) in [5.74, 6) is 0.951. The molecule has 7 heteroatoms. The number of hydrogen-bond acceptors (Lipinski definition) is 5. The van der Waals surface area contributed by atoms with Crippen LogP contribution in [-0.2, 0) is 24.2 Å². The third-order valence-electron chi connectivity index (χ3n) is 6.86. The first kappa shape index (κ1) is 30.8. The van der Waals surface area contributed by atoms with Gasteiger partial charge in [-0.05, 0) is 88.6 Å². The Labute approximate surface area is 238 Å². The summed E-state index contributed by atoms with van der Waals surface area (Å²) in [6.07, 6.45) is 0. The summed E-state index contributed by atoms with van der Waals surface area (Å²) in [7, 11) is -2.40. The molecule has 1 atom stereocenters. The molecule has 0 bridgehead atoms. The largest absolute Gasteiger partial charge is 0.591 e. The van der Waals surface area contributed by atoms with Crippen LogP contribution in [0, 0.1) is 41.5 Å². The summed E-state index contributed by atoms with van der Waals surface area (Å²) in [4.78, 5) is 11.4. The number of nitrogens with one attached hydrogen (secondary N) is 1. The molecule has 4 aromatic rings. The van der Waals surface area contributed by atoms with Crippen LogP contribution in [-0.4, -0.2) is 15.3 Å². The number of hydrogen-bond donors (Lipinski definition) is 4. The second kappa shape index (κ2) is 13.6. The Hall–Kier alpha value is -3.70. The number of benzene rings is 4. The zero-order valence-corrected chi connectivity index (χ0v) is 25.0. The average Bonchev–Trinajstić information content (AvgIpc) is 2.89. The normalized spacial score (nSPS) is 11.2. The highest BCUT2D eigenvalue weighted by molar-refractivity contribution is 7.45. The zero-order valence-electron chi connectivity index (χ0n) is 24.1. The molecule has 0 amide bonds. The van der Waals surface area contributed by atoms with Crippen LogP contribution >= 0.6 is 8.03 Å². The second-order valence-corrected chi connectivity index (χ2v) is 11.7. The van der Waals surface area contributed by atoms with Gasteiger partial charge in [0.15, 0.2) is 5.30 Å². The van der Waals surface area contributed by atoms with Gasteiger partial charge >= 0.3 is 8.03 Å². The smallest absolute Gasteiger partial charge is 0.348 e. The molecule has 4 N–H and O–H groups in total. The van der Waals surface area contributed by atoms with E-state index in [1.54, 1.807) is 30.3 Å². The van der Waals surface area contributed by atoms with Gasteiger partial charge in [-0.25, -0.2) is 0 Å². The number of rotatable bonds is 7. The number of phenolic OH excluding ortho intramolecular Hbond substituents is 3. The van der Waals surface area contributed by atoms with Crippen molar-refractivity contribution >= 4 is 13.3 Å². The van der Waals surface area contributed by atoms with Crippen molar-refractivity contribution in [2.75, 3.05) is 0 Å². The van der Waals surface area contributed by atoms with Crippen LogP contribution in [0.2, 0.25) is 0 Å². The second-order valence-electron chi connectivity index (χ2n) is 10.6. The van der Waals surface area contributed by atoms with Crippen molar-refractivity contribution in [3.63, 3.8) is 0 Å². The van der Waals surface area contributed by atoms with Gasteiger partial charge in [0.1, 0.15) is 36.9 Å². The predicted molar refractivity (Wildman–Crippen MR) is 158 cm³/mol. The van der Waals surface area contributed by atoms with E-state index in [-0.39, 0.29) is 0 Å². The minimum atomic E-state index is -2.40. The van der Waals surface area contributed by atoms with Gasteiger partial charge in [0.2, 0.25) is 0 Å². The third-order valence-corrected chi connectivity index (χ3v) is 7.58. The van der Waals surface area contributed by atoms with Crippen LogP contribution < -0.4 is 15.1 Å². The van der Waals surface area contributed by atoms with Crippen molar-refractivity contribution in [3.8, 4) is 17.2 Å². The molecule has 6 nitrogen and oxygen atoms in total. The molecular weight excluding hydrogens is 521 g/mol. The Morgan fingerprint density at radius 1 is 0.600 bits per heavy atom. The monoisotopic (exact) mass is 560 g/mol. The molecule has 0 heterocycles. The first-order valence-corrected chi connectivity index (χ1v) is 14.4. The molecule has 0 radical (unpaired) electrons. The molecule has 0 spiro atoms. The fourth-order valence-corrected chi connectivity index (χ4v) is 5.51. The minimum absolute atomic E-state index is 0.317. The maximum atomic E-state index is 10.7. The summed E-state index contributed by atoms with van der Waals surface area (Å²) in [6, 6.07) is 20.3. The van der Waals surface area contributed by atoms with E-state index in [4.69, 9.17) is 0 Å². The molecule has 0 aliphatic rings. The van der Waals surface area contributed by atoms with Crippen LogP contribution in [0.15, 0.2) is 66.7 Å². The lowest BCUT2D eigenvalue weighted by Crippen LogP contribution is -3.08. The quantitative estimate of drug-likeness (QED) is 0.242. The van der Waals surface area contributed by atoms with Crippen LogP contribution in [0.5, 0.6) is 17.2 Å². The molecule has 0 aliphatic heterocycles. The summed E-state index contributed by atoms with van der Waals surface area (Å²) >= 11 is 0. The van der Waals surface area contributed by atoms with Gasteiger partial charge in [-0.2, -0.15) is 0 Å². The Kier molecular flexibility index (Phi) is 10.5. The summed E-state index contributed by atoms with van der Waals surface area (Å²) in [5.41, 5.74) is 8.52. The molecule has 0 saturated heterocycles. The zero-order chi connectivity index (χ0) is 29.6. The van der Waals surface area contributed by atoms with Crippen LogP contribution in [0.1, 0.15) is 50.1 Å². The maximum Gasteiger partial charge on any atom is 0.348 e. The molecule has 40 heavy (non-hydrogen) atoms. The van der Waals surface area contributed by atoms with E-state index in [0.29, 0.717) is 42.2 Å². The molecule has 0 saturated carbocycles. The molecule has 1 unspecified atom stereocenters. The molecule has 0 fully saturated rings. The number of aromatic hydroxyl groups is 3. The topological polar surface area (TPSA) is 105 Å². The standard InChI is InChI=1S/C27H33NO3.C6H5O2P/c1-16-7-19(4)25(29)22(10-16)13-28(14-23-11-17(2)8-20(5)26(23)30)15-24-12-18(3)9-21(6)27(24)31;7-9(8)6-4-2-1-3-5-6/h7-12,29-31H,13-15H2,1-6H3;1-5H/p+1. The highest BCUT2D eigenvalue weighted by Gasteiger charge is 2.20. The van der Waals surface area contributed by atoms with Gasteiger partial charge in [-0.3, -0.25) is 0 Å². The van der Waals surface area contributed by atoms with Crippen LogP contribution in [0.4, 0.5) is 0 Å². The Bertz CT molecular complexity index is 1360. The van der Waals surface area contributed by atoms with Crippen molar-refractivity contribution in [2.24, 2.45) is 0 Å².